The van der Waals surface area contributed by atoms with E-state index in [-0.39, 0.29) is 23.3 Å². The summed E-state index contributed by atoms with van der Waals surface area (Å²) in [7, 11) is 0.105. The van der Waals surface area contributed by atoms with Gasteiger partial charge < -0.3 is 10.6 Å². The molecule has 22 heavy (non-hydrogen) atoms. The van der Waals surface area contributed by atoms with Crippen molar-refractivity contribution in [3.8, 4) is 0 Å². The molecule has 0 aliphatic heterocycles. The second-order valence-electron chi connectivity index (χ2n) is 5.26. The van der Waals surface area contributed by atoms with Crippen molar-refractivity contribution in [3.63, 3.8) is 0 Å². The van der Waals surface area contributed by atoms with Crippen molar-refractivity contribution in [2.24, 2.45) is 0 Å². The first-order valence-corrected chi connectivity index (χ1v) is 8.51. The van der Waals surface area contributed by atoms with E-state index in [2.05, 4.69) is 15.0 Å². The Balaban J connectivity index is 2.24. The molecule has 7 nitrogen and oxygen atoms in total. The normalized spacial score (nSPS) is 11.4. The average Bonchev–Trinajstić information content (AvgIpc) is 2.39. The zero-order valence-corrected chi connectivity index (χ0v) is 13.6. The van der Waals surface area contributed by atoms with Crippen LogP contribution < -0.4 is 10.6 Å². The number of sulfone groups is 1. The van der Waals surface area contributed by atoms with Gasteiger partial charge in [-0.2, -0.15) is 15.0 Å². The molecule has 0 aliphatic rings. The molecule has 0 aliphatic carbocycles. The summed E-state index contributed by atoms with van der Waals surface area (Å²) in [5.74, 6) is 0.190. The Hall–Kier alpha value is -2.22. The number of rotatable bonds is 5. The molecular formula is C14H19N5O2S. The van der Waals surface area contributed by atoms with Gasteiger partial charge in [-0.15, -0.1) is 0 Å². The van der Waals surface area contributed by atoms with Crippen LogP contribution in [-0.4, -0.2) is 37.5 Å². The minimum atomic E-state index is -3.40. The molecule has 1 aromatic carbocycles. The van der Waals surface area contributed by atoms with E-state index in [1.165, 1.54) is 0 Å². The molecule has 1 aromatic heterocycles. The molecule has 2 rings (SSSR count). The lowest BCUT2D eigenvalue weighted by atomic mass is 10.1. The van der Waals surface area contributed by atoms with Crippen LogP contribution in [-0.2, 0) is 21.3 Å². The van der Waals surface area contributed by atoms with E-state index in [1.54, 1.807) is 25.1 Å². The summed E-state index contributed by atoms with van der Waals surface area (Å²) < 4.78 is 24.7. The monoisotopic (exact) mass is 321 g/mol. The maximum atomic E-state index is 12.4. The number of benzene rings is 1. The number of nitrogens with two attached hydrogens (primary N) is 1. The fourth-order valence-corrected chi connectivity index (χ4v) is 3.37. The van der Waals surface area contributed by atoms with Gasteiger partial charge in [0.1, 0.15) is 5.75 Å². The van der Waals surface area contributed by atoms with Crippen LogP contribution in [0.2, 0.25) is 0 Å². The zero-order valence-electron chi connectivity index (χ0n) is 12.8. The first-order valence-electron chi connectivity index (χ1n) is 6.69. The Bertz CT molecular complexity index is 775. The quantitative estimate of drug-likeness (QED) is 0.874. The highest BCUT2D eigenvalue weighted by Crippen LogP contribution is 2.15. The second-order valence-corrected chi connectivity index (χ2v) is 7.33. The van der Waals surface area contributed by atoms with Crippen molar-refractivity contribution in [3.05, 3.63) is 41.2 Å². The van der Waals surface area contributed by atoms with Crippen molar-refractivity contribution in [1.82, 2.24) is 15.0 Å². The first-order chi connectivity index (χ1) is 10.3. The molecule has 0 spiro atoms. The number of nitrogen functional groups attached to an aromatic ring is 1. The van der Waals surface area contributed by atoms with Crippen LogP contribution in [0.25, 0.3) is 0 Å². The molecule has 0 radical (unpaired) electrons. The lowest BCUT2D eigenvalue weighted by Crippen LogP contribution is -2.18. The predicted molar refractivity (Wildman–Crippen MR) is 86.1 cm³/mol. The molecular weight excluding hydrogens is 302 g/mol. The van der Waals surface area contributed by atoms with Crippen LogP contribution in [0.4, 0.5) is 11.9 Å². The van der Waals surface area contributed by atoms with E-state index in [0.29, 0.717) is 5.95 Å². The van der Waals surface area contributed by atoms with E-state index >= 15 is 0 Å². The first kappa shape index (κ1) is 16.2. The predicted octanol–water partition coefficient (Wildman–Crippen LogP) is 0.943. The lowest BCUT2D eigenvalue weighted by molar-refractivity contribution is 0.592. The molecule has 0 fully saturated rings. The van der Waals surface area contributed by atoms with Crippen molar-refractivity contribution >= 4 is 21.7 Å². The van der Waals surface area contributed by atoms with E-state index < -0.39 is 9.84 Å². The van der Waals surface area contributed by atoms with Crippen LogP contribution in [0.15, 0.2) is 24.3 Å². The van der Waals surface area contributed by atoms with E-state index in [1.807, 2.05) is 25.1 Å². The Labute approximate surface area is 130 Å². The number of anilines is 2. The molecule has 0 bridgehead atoms. The van der Waals surface area contributed by atoms with Gasteiger partial charge in [0.25, 0.3) is 0 Å². The Morgan fingerprint density at radius 2 is 1.77 bits per heavy atom. The van der Waals surface area contributed by atoms with Crippen molar-refractivity contribution in [2.75, 3.05) is 24.7 Å². The Morgan fingerprint density at radius 3 is 2.41 bits per heavy atom. The summed E-state index contributed by atoms with van der Waals surface area (Å²) in [6, 6.07) is 7.39. The second kappa shape index (κ2) is 6.27. The number of nitrogens with zero attached hydrogens (tertiary/aromatic N) is 4. The molecule has 0 amide bonds. The van der Waals surface area contributed by atoms with Gasteiger partial charge in [-0.05, 0) is 18.1 Å². The van der Waals surface area contributed by atoms with Crippen LogP contribution in [0.5, 0.6) is 0 Å². The van der Waals surface area contributed by atoms with Crippen molar-refractivity contribution in [1.29, 1.82) is 0 Å². The minimum Gasteiger partial charge on any atom is -0.368 e. The summed E-state index contributed by atoms with van der Waals surface area (Å²) >= 11 is 0. The molecule has 8 heteroatoms. The van der Waals surface area contributed by atoms with Gasteiger partial charge in [0.15, 0.2) is 15.7 Å². The van der Waals surface area contributed by atoms with E-state index in [0.717, 1.165) is 11.1 Å². The highest BCUT2D eigenvalue weighted by atomic mass is 32.2. The lowest BCUT2D eigenvalue weighted by Gasteiger charge is -2.12. The average molecular weight is 321 g/mol. The topological polar surface area (TPSA) is 102 Å². The SMILES string of the molecule is Cc1ccccc1CS(=O)(=O)Cc1nc(N)nc(N(C)C)n1. The van der Waals surface area contributed by atoms with Gasteiger partial charge in [-0.25, -0.2) is 8.42 Å². The maximum absolute atomic E-state index is 12.4. The summed E-state index contributed by atoms with van der Waals surface area (Å²) in [6.45, 7) is 1.88. The molecule has 1 heterocycles. The molecule has 118 valence electrons. The minimum absolute atomic E-state index is 0.0137. The van der Waals surface area contributed by atoms with Gasteiger partial charge >= 0.3 is 0 Å². The summed E-state index contributed by atoms with van der Waals surface area (Å²) in [4.78, 5) is 13.6. The molecule has 2 N–H and O–H groups in total. The van der Waals surface area contributed by atoms with Gasteiger partial charge in [-0.1, -0.05) is 24.3 Å². The smallest absolute Gasteiger partial charge is 0.229 e. The summed E-state index contributed by atoms with van der Waals surface area (Å²) in [5.41, 5.74) is 7.32. The number of aromatic nitrogens is 3. The van der Waals surface area contributed by atoms with Crippen LogP contribution in [0.3, 0.4) is 0 Å². The van der Waals surface area contributed by atoms with Gasteiger partial charge in [0, 0.05) is 14.1 Å². The number of hydrogen-bond donors (Lipinski definition) is 1. The summed E-state index contributed by atoms with van der Waals surface area (Å²) in [5, 5.41) is 0. The van der Waals surface area contributed by atoms with Gasteiger partial charge in [0.05, 0.1) is 5.75 Å². The van der Waals surface area contributed by atoms with Crippen LogP contribution in [0.1, 0.15) is 17.0 Å². The third-order valence-electron chi connectivity index (χ3n) is 3.07. The van der Waals surface area contributed by atoms with Gasteiger partial charge in [-0.3, -0.25) is 0 Å². The highest BCUT2D eigenvalue weighted by molar-refractivity contribution is 7.89. The third-order valence-corrected chi connectivity index (χ3v) is 4.52. The number of hydrogen-bond acceptors (Lipinski definition) is 7. The Morgan fingerprint density at radius 1 is 1.09 bits per heavy atom. The van der Waals surface area contributed by atoms with Gasteiger partial charge in [0.2, 0.25) is 11.9 Å². The maximum Gasteiger partial charge on any atom is 0.229 e. The molecule has 0 saturated heterocycles. The summed E-state index contributed by atoms with van der Waals surface area (Å²) in [6.07, 6.45) is 0. The highest BCUT2D eigenvalue weighted by Gasteiger charge is 2.18. The molecule has 2 aromatic rings. The standard InChI is InChI=1S/C14H19N5O2S/c1-10-6-4-5-7-11(10)8-22(20,21)9-12-16-13(15)18-14(17-12)19(2)3/h4-7H,8-9H2,1-3H3,(H2,15,16,17,18). The zero-order chi connectivity index (χ0) is 16.3. The fraction of sp³-hybridized carbons (Fsp3) is 0.357. The molecule has 0 atom stereocenters. The number of aryl methyl sites for hydroxylation is 1. The van der Waals surface area contributed by atoms with Crippen molar-refractivity contribution < 1.29 is 8.42 Å². The largest absolute Gasteiger partial charge is 0.368 e. The fourth-order valence-electron chi connectivity index (χ4n) is 1.95. The molecule has 0 unspecified atom stereocenters. The van der Waals surface area contributed by atoms with Crippen LogP contribution >= 0.6 is 0 Å². The van der Waals surface area contributed by atoms with Crippen LogP contribution in [0, 0.1) is 6.92 Å². The van der Waals surface area contributed by atoms with Crippen molar-refractivity contribution in [2.45, 2.75) is 18.4 Å². The third kappa shape index (κ3) is 4.14. The van der Waals surface area contributed by atoms with E-state index in [9.17, 15) is 8.42 Å². The molecule has 0 saturated carbocycles. The Kier molecular flexibility index (Phi) is 4.60. The van der Waals surface area contributed by atoms with E-state index in [4.69, 9.17) is 5.73 Å².